The molecule has 4 nitrogen and oxygen atoms in total. The Morgan fingerprint density at radius 1 is 1.20 bits per heavy atom. The molecule has 0 bridgehead atoms. The molecule has 0 unspecified atom stereocenters. The average molecular weight is 308 g/mol. The van der Waals surface area contributed by atoms with Gasteiger partial charge in [-0.1, -0.05) is 17.3 Å². The fraction of sp³-hybridized carbons (Fsp3) is 0.333. The van der Waals surface area contributed by atoms with E-state index in [0.717, 1.165) is 12.1 Å². The zero-order valence-electron chi connectivity index (χ0n) is 10.7. The van der Waals surface area contributed by atoms with Gasteiger partial charge in [-0.15, -0.1) is 12.4 Å². The van der Waals surface area contributed by atoms with Gasteiger partial charge in [-0.25, -0.2) is 0 Å². The molecule has 0 aliphatic carbocycles. The van der Waals surface area contributed by atoms with E-state index in [1.165, 1.54) is 12.1 Å². The molecule has 0 saturated carbocycles. The summed E-state index contributed by atoms with van der Waals surface area (Å²) in [5.41, 5.74) is 4.40. The Bertz CT molecular complexity index is 590. The van der Waals surface area contributed by atoms with Crippen LogP contribution in [0.3, 0.4) is 0 Å². The van der Waals surface area contributed by atoms with Crippen LogP contribution in [0.5, 0.6) is 0 Å². The van der Waals surface area contributed by atoms with Crippen molar-refractivity contribution in [3.63, 3.8) is 0 Å². The van der Waals surface area contributed by atoms with E-state index in [-0.39, 0.29) is 29.7 Å². The summed E-state index contributed by atoms with van der Waals surface area (Å²) in [6.45, 7) is 3.33. The van der Waals surface area contributed by atoms with E-state index in [4.69, 9.17) is 10.3 Å². The molecule has 1 aromatic heterocycles. The van der Waals surface area contributed by atoms with E-state index in [1.54, 1.807) is 13.8 Å². The molecule has 110 valence electrons. The van der Waals surface area contributed by atoms with Crippen LogP contribution in [0, 0.1) is 0 Å². The lowest BCUT2D eigenvalue weighted by atomic mass is 10.1. The highest BCUT2D eigenvalue weighted by atomic mass is 35.5. The molecule has 0 amide bonds. The van der Waals surface area contributed by atoms with Gasteiger partial charge >= 0.3 is 6.18 Å². The fourth-order valence-corrected chi connectivity index (χ4v) is 1.44. The monoisotopic (exact) mass is 307 g/mol. The molecule has 1 heterocycles. The molecule has 2 aromatic rings. The van der Waals surface area contributed by atoms with E-state index in [0.29, 0.717) is 0 Å². The molecule has 0 aliphatic heterocycles. The van der Waals surface area contributed by atoms with Crippen molar-refractivity contribution < 1.29 is 17.7 Å². The first-order valence-corrected chi connectivity index (χ1v) is 5.48. The highest BCUT2D eigenvalue weighted by Crippen LogP contribution is 2.31. The number of aromatic nitrogens is 2. The number of alkyl halides is 3. The van der Waals surface area contributed by atoms with Gasteiger partial charge in [0.15, 0.2) is 0 Å². The lowest BCUT2D eigenvalue weighted by Crippen LogP contribution is -2.28. The summed E-state index contributed by atoms with van der Waals surface area (Å²) in [6.07, 6.45) is -4.41. The van der Waals surface area contributed by atoms with Gasteiger partial charge in [0.2, 0.25) is 11.7 Å². The minimum absolute atomic E-state index is 0. The third-order valence-corrected chi connectivity index (χ3v) is 2.43. The van der Waals surface area contributed by atoms with Crippen LogP contribution in [0.4, 0.5) is 13.2 Å². The van der Waals surface area contributed by atoms with Crippen molar-refractivity contribution >= 4 is 12.4 Å². The zero-order chi connectivity index (χ0) is 14.3. The van der Waals surface area contributed by atoms with Gasteiger partial charge in [-0.05, 0) is 26.0 Å². The van der Waals surface area contributed by atoms with Crippen LogP contribution < -0.4 is 5.73 Å². The maximum atomic E-state index is 12.6. The van der Waals surface area contributed by atoms with Crippen molar-refractivity contribution in [1.82, 2.24) is 10.1 Å². The van der Waals surface area contributed by atoms with E-state index >= 15 is 0 Å². The first kappa shape index (κ1) is 16.5. The number of nitrogens with two attached hydrogens (primary N) is 1. The van der Waals surface area contributed by atoms with Crippen LogP contribution in [0.2, 0.25) is 0 Å². The lowest BCUT2D eigenvalue weighted by molar-refractivity contribution is -0.137. The Kier molecular flexibility index (Phi) is 4.45. The maximum absolute atomic E-state index is 12.6. The van der Waals surface area contributed by atoms with Crippen molar-refractivity contribution in [2.75, 3.05) is 0 Å². The summed E-state index contributed by atoms with van der Waals surface area (Å²) in [4.78, 5) is 4.00. The molecule has 1 aromatic carbocycles. The zero-order valence-corrected chi connectivity index (χ0v) is 11.5. The first-order chi connectivity index (χ1) is 8.68. The van der Waals surface area contributed by atoms with Gasteiger partial charge in [0.1, 0.15) is 0 Å². The van der Waals surface area contributed by atoms with Gasteiger partial charge in [0.25, 0.3) is 0 Å². The van der Waals surface area contributed by atoms with E-state index < -0.39 is 17.3 Å². The third-order valence-electron chi connectivity index (χ3n) is 2.43. The molecule has 2 rings (SSSR count). The number of hydrogen-bond donors (Lipinski definition) is 1. The minimum atomic E-state index is -4.41. The number of nitrogens with zero attached hydrogens (tertiary/aromatic N) is 2. The van der Waals surface area contributed by atoms with E-state index in [1.807, 2.05) is 0 Å². The highest BCUT2D eigenvalue weighted by Gasteiger charge is 2.31. The SMILES string of the molecule is CC(C)(N)c1nc(-c2cccc(C(F)(F)F)c2)no1.Cl. The van der Waals surface area contributed by atoms with Crippen molar-refractivity contribution in [3.05, 3.63) is 35.7 Å². The first-order valence-electron chi connectivity index (χ1n) is 5.48. The summed E-state index contributed by atoms with van der Waals surface area (Å²) in [5.74, 6) is 0.250. The Labute approximate surface area is 119 Å². The van der Waals surface area contributed by atoms with E-state index in [2.05, 4.69) is 10.1 Å². The van der Waals surface area contributed by atoms with Crippen LogP contribution in [0.25, 0.3) is 11.4 Å². The van der Waals surface area contributed by atoms with Gasteiger partial charge in [0, 0.05) is 5.56 Å². The van der Waals surface area contributed by atoms with Crippen LogP contribution in [0.1, 0.15) is 25.3 Å². The lowest BCUT2D eigenvalue weighted by Gasteiger charge is -2.10. The predicted octanol–water partition coefficient (Wildman–Crippen LogP) is 3.37. The topological polar surface area (TPSA) is 64.9 Å². The van der Waals surface area contributed by atoms with Gasteiger partial charge in [-0.2, -0.15) is 18.2 Å². The minimum Gasteiger partial charge on any atom is -0.337 e. The summed E-state index contributed by atoms with van der Waals surface area (Å²) >= 11 is 0. The van der Waals surface area contributed by atoms with E-state index in [9.17, 15) is 13.2 Å². The second kappa shape index (κ2) is 5.41. The second-order valence-corrected chi connectivity index (χ2v) is 4.72. The summed E-state index contributed by atoms with van der Waals surface area (Å²) in [6, 6.07) is 4.73. The molecular weight excluding hydrogens is 295 g/mol. The third kappa shape index (κ3) is 3.49. The number of hydrogen-bond acceptors (Lipinski definition) is 4. The molecule has 0 radical (unpaired) electrons. The molecule has 0 spiro atoms. The Hall–Kier alpha value is -1.60. The molecule has 2 N–H and O–H groups in total. The van der Waals surface area contributed by atoms with Crippen molar-refractivity contribution in [2.45, 2.75) is 25.6 Å². The summed E-state index contributed by atoms with van der Waals surface area (Å²) < 4.78 is 42.7. The van der Waals surface area contributed by atoms with Gasteiger partial charge in [0.05, 0.1) is 11.1 Å². The normalized spacial score (nSPS) is 12.1. The molecule has 8 heteroatoms. The fourth-order valence-electron chi connectivity index (χ4n) is 1.44. The Balaban J connectivity index is 0.00000200. The summed E-state index contributed by atoms with van der Waals surface area (Å²) in [7, 11) is 0. The van der Waals surface area contributed by atoms with Crippen LogP contribution in [-0.2, 0) is 11.7 Å². The molecular formula is C12H13ClF3N3O. The Morgan fingerprint density at radius 2 is 1.85 bits per heavy atom. The van der Waals surface area contributed by atoms with Crippen LogP contribution in [-0.4, -0.2) is 10.1 Å². The van der Waals surface area contributed by atoms with Crippen LogP contribution in [0.15, 0.2) is 28.8 Å². The molecule has 0 atom stereocenters. The molecule has 0 aliphatic rings. The average Bonchev–Trinajstić information content (AvgIpc) is 2.77. The predicted molar refractivity (Wildman–Crippen MR) is 69.2 cm³/mol. The molecule has 20 heavy (non-hydrogen) atoms. The summed E-state index contributed by atoms with van der Waals surface area (Å²) in [5, 5.41) is 3.64. The van der Waals surface area contributed by atoms with Crippen molar-refractivity contribution in [2.24, 2.45) is 5.73 Å². The number of rotatable bonds is 2. The molecule has 0 fully saturated rings. The van der Waals surface area contributed by atoms with Crippen LogP contribution >= 0.6 is 12.4 Å². The Morgan fingerprint density at radius 3 is 2.35 bits per heavy atom. The quantitative estimate of drug-likeness (QED) is 0.924. The number of benzene rings is 1. The standard InChI is InChI=1S/C12H12F3N3O.ClH/c1-11(2,16)10-17-9(18-19-10)7-4-3-5-8(6-7)12(13,14)15;/h3-6H,16H2,1-2H3;1H. The largest absolute Gasteiger partial charge is 0.416 e. The molecule has 0 saturated heterocycles. The smallest absolute Gasteiger partial charge is 0.337 e. The highest BCUT2D eigenvalue weighted by molar-refractivity contribution is 5.85. The number of halogens is 4. The second-order valence-electron chi connectivity index (χ2n) is 4.72. The van der Waals surface area contributed by atoms with Gasteiger partial charge < -0.3 is 10.3 Å². The van der Waals surface area contributed by atoms with Crippen molar-refractivity contribution in [1.29, 1.82) is 0 Å². The van der Waals surface area contributed by atoms with Crippen molar-refractivity contribution in [3.8, 4) is 11.4 Å². The van der Waals surface area contributed by atoms with Gasteiger partial charge in [-0.3, -0.25) is 0 Å². The maximum Gasteiger partial charge on any atom is 0.416 e.